The third-order valence-electron chi connectivity index (χ3n) is 6.76. The number of rotatable bonds is 8. The van der Waals surface area contributed by atoms with Crippen LogP contribution < -0.4 is 15.4 Å². The molecule has 0 radical (unpaired) electrons. The molecule has 0 heterocycles. The highest BCUT2D eigenvalue weighted by Crippen LogP contribution is 2.60. The number of nitrogens with one attached hydrogen (secondary N) is 2. The van der Waals surface area contributed by atoms with E-state index in [4.69, 9.17) is 0 Å². The second-order valence-electron chi connectivity index (χ2n) is 8.98. The Morgan fingerprint density at radius 2 is 1.69 bits per heavy atom. The van der Waals surface area contributed by atoms with E-state index in [1.165, 1.54) is 31.4 Å². The molecule has 0 atom stereocenters. The van der Waals surface area contributed by atoms with Gasteiger partial charge in [0.15, 0.2) is 0 Å². The normalized spacial score (nSPS) is 29.7. The minimum absolute atomic E-state index is 0.0639. The summed E-state index contributed by atoms with van der Waals surface area (Å²) in [6, 6.07) is 6.10. The molecule has 5 rings (SSSR count). The molecular weight excluding hydrogens is 378 g/mol. The molecule has 5 nitrogen and oxygen atoms in total. The van der Waals surface area contributed by atoms with Crippen LogP contribution in [0.1, 0.15) is 51.4 Å². The zero-order chi connectivity index (χ0) is 20.4. The van der Waals surface area contributed by atoms with Crippen LogP contribution in [0, 0.1) is 23.2 Å². The Morgan fingerprint density at radius 1 is 1.07 bits per heavy atom. The molecule has 4 aliphatic carbocycles. The maximum atomic E-state index is 12.9. The SMILES string of the molecule is O=C(CCCNC(=O)C12CC3CC(CC(C3)C1)C2)Nc1ccccc1OC(F)F. The first kappa shape index (κ1) is 20.1. The van der Waals surface area contributed by atoms with Crippen LogP contribution in [0.15, 0.2) is 24.3 Å². The molecule has 7 heteroatoms. The summed E-state index contributed by atoms with van der Waals surface area (Å²) in [6.07, 6.45) is 7.65. The van der Waals surface area contributed by atoms with Crippen LogP contribution in [0.25, 0.3) is 0 Å². The summed E-state index contributed by atoms with van der Waals surface area (Å²) in [7, 11) is 0. The van der Waals surface area contributed by atoms with E-state index >= 15 is 0 Å². The number of carbonyl (C=O) groups excluding carboxylic acids is 2. The number of alkyl halides is 2. The van der Waals surface area contributed by atoms with E-state index in [0.717, 1.165) is 19.3 Å². The zero-order valence-electron chi connectivity index (χ0n) is 16.5. The number of hydrogen-bond acceptors (Lipinski definition) is 3. The number of carbonyl (C=O) groups is 2. The van der Waals surface area contributed by atoms with Crippen LogP contribution in [0.4, 0.5) is 14.5 Å². The lowest BCUT2D eigenvalue weighted by atomic mass is 9.49. The van der Waals surface area contributed by atoms with Crippen molar-refractivity contribution in [1.29, 1.82) is 0 Å². The average Bonchev–Trinajstić information content (AvgIpc) is 2.65. The van der Waals surface area contributed by atoms with Crippen molar-refractivity contribution in [3.63, 3.8) is 0 Å². The van der Waals surface area contributed by atoms with Gasteiger partial charge >= 0.3 is 6.61 Å². The molecule has 158 valence electrons. The maximum Gasteiger partial charge on any atom is 0.387 e. The van der Waals surface area contributed by atoms with Gasteiger partial charge in [-0.1, -0.05) is 12.1 Å². The summed E-state index contributed by atoms with van der Waals surface area (Å²) in [5.41, 5.74) is 0.0399. The number of benzene rings is 1. The molecule has 0 saturated heterocycles. The zero-order valence-corrected chi connectivity index (χ0v) is 16.5. The van der Waals surface area contributed by atoms with Crippen LogP contribution in [-0.4, -0.2) is 25.0 Å². The van der Waals surface area contributed by atoms with E-state index < -0.39 is 6.61 Å². The lowest BCUT2D eigenvalue weighted by molar-refractivity contribution is -0.146. The highest BCUT2D eigenvalue weighted by Gasteiger charge is 2.54. The molecule has 2 amide bonds. The second-order valence-corrected chi connectivity index (χ2v) is 8.98. The second kappa shape index (κ2) is 8.28. The van der Waals surface area contributed by atoms with Gasteiger partial charge in [0.25, 0.3) is 0 Å². The summed E-state index contributed by atoms with van der Waals surface area (Å²) in [5.74, 6) is 1.95. The number of halogens is 2. The van der Waals surface area contributed by atoms with Crippen LogP contribution in [0.3, 0.4) is 0 Å². The van der Waals surface area contributed by atoms with Crippen molar-refractivity contribution in [1.82, 2.24) is 5.32 Å². The molecular formula is C22H28F2N2O3. The van der Waals surface area contributed by atoms with Crippen LogP contribution in [-0.2, 0) is 9.59 Å². The first-order chi connectivity index (χ1) is 13.9. The molecule has 4 saturated carbocycles. The third kappa shape index (κ3) is 4.54. The Balaban J connectivity index is 1.22. The molecule has 0 aliphatic heterocycles. The Kier molecular flexibility index (Phi) is 5.74. The summed E-state index contributed by atoms with van der Waals surface area (Å²) >= 11 is 0. The van der Waals surface area contributed by atoms with Crippen molar-refractivity contribution in [2.75, 3.05) is 11.9 Å². The molecule has 29 heavy (non-hydrogen) atoms. The van der Waals surface area contributed by atoms with E-state index in [1.54, 1.807) is 12.1 Å². The Morgan fingerprint density at radius 3 is 2.31 bits per heavy atom. The lowest BCUT2D eigenvalue weighted by Crippen LogP contribution is -2.53. The number of hydrogen-bond donors (Lipinski definition) is 2. The van der Waals surface area contributed by atoms with Gasteiger partial charge in [0.05, 0.1) is 5.69 Å². The van der Waals surface area contributed by atoms with Crippen molar-refractivity contribution in [3.05, 3.63) is 24.3 Å². The van der Waals surface area contributed by atoms with Crippen LogP contribution >= 0.6 is 0 Å². The monoisotopic (exact) mass is 406 g/mol. The molecule has 1 aromatic rings. The highest BCUT2D eigenvalue weighted by molar-refractivity contribution is 5.92. The lowest BCUT2D eigenvalue weighted by Gasteiger charge is -2.55. The molecule has 0 unspecified atom stereocenters. The number of anilines is 1. The summed E-state index contributed by atoms with van der Waals surface area (Å²) in [6.45, 7) is -2.50. The predicted octanol–water partition coefficient (Wildman–Crippen LogP) is 4.34. The average molecular weight is 406 g/mol. The number of amides is 2. The smallest absolute Gasteiger partial charge is 0.387 e. The molecule has 4 fully saturated rings. The summed E-state index contributed by atoms with van der Waals surface area (Å²) < 4.78 is 29.3. The molecule has 4 aliphatic rings. The fraction of sp³-hybridized carbons (Fsp3) is 0.636. The van der Waals surface area contributed by atoms with E-state index in [9.17, 15) is 18.4 Å². The molecule has 2 N–H and O–H groups in total. The largest absolute Gasteiger partial charge is 0.433 e. The van der Waals surface area contributed by atoms with Gasteiger partial charge in [-0.2, -0.15) is 8.78 Å². The summed E-state index contributed by atoms with van der Waals surface area (Å²) in [4.78, 5) is 25.0. The fourth-order valence-corrected chi connectivity index (χ4v) is 6.01. The van der Waals surface area contributed by atoms with E-state index in [0.29, 0.717) is 30.7 Å². The van der Waals surface area contributed by atoms with Gasteiger partial charge in [0.1, 0.15) is 5.75 Å². The minimum atomic E-state index is -2.95. The van der Waals surface area contributed by atoms with Crippen molar-refractivity contribution < 1.29 is 23.1 Å². The Bertz CT molecular complexity index is 733. The first-order valence-electron chi connectivity index (χ1n) is 10.6. The van der Waals surface area contributed by atoms with Gasteiger partial charge in [-0.15, -0.1) is 0 Å². The van der Waals surface area contributed by atoms with Crippen molar-refractivity contribution in [2.45, 2.75) is 58.0 Å². The van der Waals surface area contributed by atoms with E-state index in [-0.39, 0.29) is 35.1 Å². The highest BCUT2D eigenvalue weighted by atomic mass is 19.3. The topological polar surface area (TPSA) is 67.4 Å². The quantitative estimate of drug-likeness (QED) is 0.631. The minimum Gasteiger partial charge on any atom is -0.433 e. The first-order valence-corrected chi connectivity index (χ1v) is 10.6. The van der Waals surface area contributed by atoms with Crippen molar-refractivity contribution >= 4 is 17.5 Å². The van der Waals surface area contributed by atoms with Gasteiger partial charge in [0.2, 0.25) is 11.8 Å². The molecule has 0 aromatic heterocycles. The summed E-state index contributed by atoms with van der Waals surface area (Å²) in [5, 5.41) is 5.66. The van der Waals surface area contributed by atoms with Crippen molar-refractivity contribution in [2.24, 2.45) is 23.2 Å². The van der Waals surface area contributed by atoms with Gasteiger partial charge in [-0.25, -0.2) is 0 Å². The fourth-order valence-electron chi connectivity index (χ4n) is 6.01. The predicted molar refractivity (Wildman–Crippen MR) is 105 cm³/mol. The molecule has 4 bridgehead atoms. The number of para-hydroxylation sites is 2. The van der Waals surface area contributed by atoms with Crippen LogP contribution in [0.2, 0.25) is 0 Å². The van der Waals surface area contributed by atoms with Gasteiger partial charge < -0.3 is 15.4 Å². The molecule has 0 spiro atoms. The van der Waals surface area contributed by atoms with E-state index in [1.807, 2.05) is 0 Å². The van der Waals surface area contributed by atoms with Gasteiger partial charge in [-0.05, 0) is 74.8 Å². The van der Waals surface area contributed by atoms with Crippen molar-refractivity contribution in [3.8, 4) is 5.75 Å². The van der Waals surface area contributed by atoms with Gasteiger partial charge in [-0.3, -0.25) is 9.59 Å². The Labute approximate surface area is 169 Å². The molecule has 1 aromatic carbocycles. The number of ether oxygens (including phenoxy) is 1. The maximum absolute atomic E-state index is 12.9. The van der Waals surface area contributed by atoms with E-state index in [2.05, 4.69) is 15.4 Å². The van der Waals surface area contributed by atoms with Crippen LogP contribution in [0.5, 0.6) is 5.75 Å². The van der Waals surface area contributed by atoms with Gasteiger partial charge in [0, 0.05) is 18.4 Å². The standard InChI is InChI=1S/C22H28F2N2O3/c23-21(24)29-18-5-2-1-4-17(18)26-19(27)6-3-7-25-20(28)22-11-14-8-15(12-22)10-16(9-14)13-22/h1-2,4-5,14-16,21H,3,6-13H2,(H,25,28)(H,26,27). The Hall–Kier alpha value is -2.18. The third-order valence-corrected chi connectivity index (χ3v) is 6.76.